The first-order valence-electron chi connectivity index (χ1n) is 7.59. The van der Waals surface area contributed by atoms with Crippen LogP contribution < -0.4 is 4.90 Å². The molecule has 0 radical (unpaired) electrons. The number of benzene rings is 1. The number of allylic oxidation sites excluding steroid dienone is 1. The number of hydrogen-bond donors (Lipinski definition) is 0. The second-order valence-electron chi connectivity index (χ2n) is 5.50. The first kappa shape index (κ1) is 18.6. The van der Waals surface area contributed by atoms with Crippen LogP contribution >= 0.6 is 23.1 Å². The molecule has 1 amide bonds. The number of sulfone groups is 1. The predicted molar refractivity (Wildman–Crippen MR) is 108 cm³/mol. The molecule has 2 heterocycles. The van der Waals surface area contributed by atoms with Crippen molar-refractivity contribution in [2.45, 2.75) is 4.90 Å². The maximum absolute atomic E-state index is 13.1. The highest BCUT2D eigenvalue weighted by Crippen LogP contribution is 2.29. The molecule has 0 aliphatic carbocycles. The number of nitrogens with zero attached hydrogens (tertiary/aromatic N) is 2. The first-order valence-corrected chi connectivity index (χ1v) is 11.4. The number of carbonyl (C=O) groups is 1. The second kappa shape index (κ2) is 7.61. The molecule has 1 aliphatic heterocycles. The summed E-state index contributed by atoms with van der Waals surface area (Å²) in [4.78, 5) is 19.1. The van der Waals surface area contributed by atoms with Crippen molar-refractivity contribution in [1.29, 1.82) is 0 Å². The Kier molecular flexibility index (Phi) is 5.45. The van der Waals surface area contributed by atoms with Crippen LogP contribution in [-0.4, -0.2) is 31.3 Å². The zero-order valence-electron chi connectivity index (χ0n) is 14.0. The molecule has 26 heavy (non-hydrogen) atoms. The Bertz CT molecular complexity index is 989. The lowest BCUT2D eigenvalue weighted by atomic mass is 10.1. The van der Waals surface area contributed by atoms with Crippen molar-refractivity contribution in [2.24, 2.45) is 0 Å². The third-order valence-corrected chi connectivity index (χ3v) is 6.26. The standard InChI is InChI=1S/C18H16N2O3S3/c1-13(14-3-5-16(6-4-14)26(2,22)23)17(21)20(18-19-9-12-25-18)15-7-10-24-11-8-15/h3-10,12H,1,11H2,2H3. The minimum Gasteiger partial charge on any atom is -0.268 e. The van der Waals surface area contributed by atoms with E-state index in [1.165, 1.54) is 28.4 Å². The van der Waals surface area contributed by atoms with Crippen molar-refractivity contribution in [3.63, 3.8) is 0 Å². The summed E-state index contributed by atoms with van der Waals surface area (Å²) in [5.74, 6) is 0.478. The van der Waals surface area contributed by atoms with E-state index in [-0.39, 0.29) is 16.4 Å². The van der Waals surface area contributed by atoms with Gasteiger partial charge in [-0.25, -0.2) is 13.4 Å². The summed E-state index contributed by atoms with van der Waals surface area (Å²) in [7, 11) is -3.29. The number of rotatable bonds is 5. The lowest BCUT2D eigenvalue weighted by Gasteiger charge is -2.23. The lowest BCUT2D eigenvalue weighted by molar-refractivity contribution is -0.112. The van der Waals surface area contributed by atoms with Crippen molar-refractivity contribution >= 4 is 49.5 Å². The monoisotopic (exact) mass is 404 g/mol. The van der Waals surface area contributed by atoms with Gasteiger partial charge in [-0.15, -0.1) is 23.1 Å². The SMILES string of the molecule is C=C(C(=O)N(C1=CCSC=C1)c1nccs1)c1ccc(S(C)(=O)=O)cc1. The molecule has 134 valence electrons. The van der Waals surface area contributed by atoms with Gasteiger partial charge >= 0.3 is 0 Å². The van der Waals surface area contributed by atoms with Gasteiger partial charge in [-0.05, 0) is 35.3 Å². The van der Waals surface area contributed by atoms with Gasteiger partial charge in [-0.2, -0.15) is 0 Å². The average Bonchev–Trinajstić information content (AvgIpc) is 3.15. The van der Waals surface area contributed by atoms with Crippen molar-refractivity contribution in [3.05, 3.63) is 71.2 Å². The summed E-state index contributed by atoms with van der Waals surface area (Å²) in [6, 6.07) is 6.15. The van der Waals surface area contributed by atoms with E-state index >= 15 is 0 Å². The fourth-order valence-corrected chi connectivity index (χ4v) is 4.25. The molecule has 1 aliphatic rings. The van der Waals surface area contributed by atoms with Crippen LogP contribution in [0.25, 0.3) is 5.57 Å². The quantitative estimate of drug-likeness (QED) is 0.710. The lowest BCUT2D eigenvalue weighted by Crippen LogP contribution is -2.30. The summed E-state index contributed by atoms with van der Waals surface area (Å²) in [5.41, 5.74) is 1.59. The fraction of sp³-hybridized carbons (Fsp3) is 0.111. The third-order valence-electron chi connectivity index (χ3n) is 3.68. The van der Waals surface area contributed by atoms with Gasteiger partial charge in [-0.1, -0.05) is 18.7 Å². The van der Waals surface area contributed by atoms with Gasteiger partial charge in [0.2, 0.25) is 0 Å². The molecule has 0 atom stereocenters. The van der Waals surface area contributed by atoms with Gasteiger partial charge in [-0.3, -0.25) is 9.69 Å². The molecular weight excluding hydrogens is 388 g/mol. The fourth-order valence-electron chi connectivity index (χ4n) is 2.34. The summed E-state index contributed by atoms with van der Waals surface area (Å²) < 4.78 is 23.2. The van der Waals surface area contributed by atoms with Crippen LogP contribution in [0, 0.1) is 0 Å². The number of hydrogen-bond acceptors (Lipinski definition) is 6. The molecule has 0 fully saturated rings. The molecule has 5 nitrogen and oxygen atoms in total. The summed E-state index contributed by atoms with van der Waals surface area (Å²) >= 11 is 3.01. The number of carbonyl (C=O) groups excluding carboxylic acids is 1. The van der Waals surface area contributed by atoms with Gasteiger partial charge < -0.3 is 0 Å². The zero-order chi connectivity index (χ0) is 18.7. The van der Waals surface area contributed by atoms with Gasteiger partial charge in [0.25, 0.3) is 5.91 Å². The van der Waals surface area contributed by atoms with E-state index in [4.69, 9.17) is 0 Å². The van der Waals surface area contributed by atoms with Crippen LogP contribution in [0.15, 0.2) is 70.6 Å². The minimum absolute atomic E-state index is 0.202. The second-order valence-corrected chi connectivity index (χ2v) is 9.32. The molecule has 1 aromatic carbocycles. The molecule has 0 N–H and O–H groups in total. The highest BCUT2D eigenvalue weighted by atomic mass is 32.2. The van der Waals surface area contributed by atoms with Crippen LogP contribution in [0.4, 0.5) is 5.13 Å². The third kappa shape index (κ3) is 3.98. The van der Waals surface area contributed by atoms with Crippen molar-refractivity contribution < 1.29 is 13.2 Å². The molecule has 0 unspecified atom stereocenters. The van der Waals surface area contributed by atoms with E-state index in [0.29, 0.717) is 10.7 Å². The Morgan fingerprint density at radius 1 is 1.27 bits per heavy atom. The highest BCUT2D eigenvalue weighted by Gasteiger charge is 2.25. The van der Waals surface area contributed by atoms with Crippen LogP contribution in [0.5, 0.6) is 0 Å². The molecule has 3 rings (SSSR count). The Balaban J connectivity index is 1.93. The van der Waals surface area contributed by atoms with Crippen molar-refractivity contribution in [1.82, 2.24) is 4.98 Å². The Labute approximate surface area is 160 Å². The van der Waals surface area contributed by atoms with E-state index in [1.807, 2.05) is 17.6 Å². The number of aromatic nitrogens is 1. The van der Waals surface area contributed by atoms with Crippen LogP contribution in [0.2, 0.25) is 0 Å². The summed E-state index contributed by atoms with van der Waals surface area (Å²) in [5, 5.41) is 4.31. The van der Waals surface area contributed by atoms with E-state index < -0.39 is 9.84 Å². The number of thiazole rings is 1. The van der Waals surface area contributed by atoms with Gasteiger partial charge in [0, 0.05) is 34.9 Å². The number of amides is 1. The molecule has 0 saturated heterocycles. The highest BCUT2D eigenvalue weighted by molar-refractivity contribution is 8.02. The molecule has 1 aromatic heterocycles. The largest absolute Gasteiger partial charge is 0.268 e. The Morgan fingerprint density at radius 3 is 2.54 bits per heavy atom. The minimum atomic E-state index is -3.29. The first-order chi connectivity index (χ1) is 12.4. The van der Waals surface area contributed by atoms with E-state index in [9.17, 15) is 13.2 Å². The van der Waals surface area contributed by atoms with Crippen LogP contribution in [0.1, 0.15) is 5.56 Å². The van der Waals surface area contributed by atoms with Crippen LogP contribution in [-0.2, 0) is 14.6 Å². The normalized spacial score (nSPS) is 14.0. The van der Waals surface area contributed by atoms with Crippen molar-refractivity contribution in [3.8, 4) is 0 Å². The van der Waals surface area contributed by atoms with E-state index in [1.54, 1.807) is 35.5 Å². The predicted octanol–water partition coefficient (Wildman–Crippen LogP) is 3.74. The van der Waals surface area contributed by atoms with Crippen molar-refractivity contribution in [2.75, 3.05) is 16.9 Å². The number of thioether (sulfide) groups is 1. The molecule has 0 spiro atoms. The Hall–Kier alpha value is -2.16. The molecular formula is C18H16N2O3S3. The van der Waals surface area contributed by atoms with Crippen LogP contribution in [0.3, 0.4) is 0 Å². The molecule has 2 aromatic rings. The molecule has 0 saturated carbocycles. The van der Waals surface area contributed by atoms with Gasteiger partial charge in [0.05, 0.1) is 4.90 Å². The maximum atomic E-state index is 13.1. The smallest absolute Gasteiger partial charge is 0.264 e. The topological polar surface area (TPSA) is 67.3 Å². The summed E-state index contributed by atoms with van der Waals surface area (Å²) in [6.07, 6.45) is 6.62. The maximum Gasteiger partial charge on any atom is 0.264 e. The molecule has 8 heteroatoms. The zero-order valence-corrected chi connectivity index (χ0v) is 16.4. The number of anilines is 1. The van der Waals surface area contributed by atoms with Gasteiger partial charge in [0.15, 0.2) is 15.0 Å². The van der Waals surface area contributed by atoms with E-state index in [2.05, 4.69) is 11.6 Å². The molecule has 0 bridgehead atoms. The average molecular weight is 405 g/mol. The van der Waals surface area contributed by atoms with E-state index in [0.717, 1.165) is 17.7 Å². The Morgan fingerprint density at radius 2 is 2.00 bits per heavy atom. The summed E-state index contributed by atoms with van der Waals surface area (Å²) in [6.45, 7) is 3.92. The van der Waals surface area contributed by atoms with Gasteiger partial charge in [0.1, 0.15) is 0 Å².